The average molecular weight is 512 g/mol. The molecule has 1 fully saturated rings. The van der Waals surface area contributed by atoms with Gasteiger partial charge in [0.1, 0.15) is 17.3 Å². The molecule has 0 amide bonds. The first kappa shape index (κ1) is 25.0. The number of nitrogens with one attached hydrogen (secondary N) is 4. The zero-order valence-electron chi connectivity index (χ0n) is 20.6. The number of hydrogen-bond acceptors (Lipinski definition) is 8. The fraction of sp³-hybridized carbons (Fsp3) is 0.400. The van der Waals surface area contributed by atoms with Crippen LogP contribution in [0.3, 0.4) is 0 Å². The Morgan fingerprint density at radius 2 is 1.97 bits per heavy atom. The van der Waals surface area contributed by atoms with Crippen LogP contribution in [0.5, 0.6) is 0 Å². The highest BCUT2D eigenvalue weighted by molar-refractivity contribution is 5.92. The lowest BCUT2D eigenvalue weighted by Crippen LogP contribution is -2.66. The van der Waals surface area contributed by atoms with Gasteiger partial charge in [0.15, 0.2) is 0 Å². The molecule has 1 saturated heterocycles. The molecule has 0 saturated carbocycles. The van der Waals surface area contributed by atoms with Gasteiger partial charge in [-0.15, -0.1) is 0 Å². The molecule has 1 atom stereocenters. The number of alkyl halides is 3. The molecule has 5 rings (SSSR count). The van der Waals surface area contributed by atoms with Crippen LogP contribution in [0.1, 0.15) is 23.6 Å². The number of aromatic nitrogens is 3. The van der Waals surface area contributed by atoms with Crippen molar-refractivity contribution < 1.29 is 13.2 Å². The Kier molecular flexibility index (Phi) is 6.53. The quantitative estimate of drug-likeness (QED) is 0.414. The van der Waals surface area contributed by atoms with Gasteiger partial charge in [-0.05, 0) is 31.7 Å². The third-order valence-electron chi connectivity index (χ3n) is 6.98. The molecular formula is C25H28F3N9. The SMILES string of the molecule is CN1CC(C#N)=C(c2c[nH]c3ncc(C(F)(F)F)cc23)NC1(C)NCc1ccc(N2CCNCC2)nc1. The molecule has 9 nitrogen and oxygen atoms in total. The largest absolute Gasteiger partial charge is 0.417 e. The van der Waals surface area contributed by atoms with Gasteiger partial charge >= 0.3 is 6.18 Å². The van der Waals surface area contributed by atoms with Gasteiger partial charge in [-0.25, -0.2) is 9.97 Å². The van der Waals surface area contributed by atoms with Crippen LogP contribution in [-0.2, 0) is 12.7 Å². The molecule has 3 aromatic heterocycles. The van der Waals surface area contributed by atoms with E-state index in [2.05, 4.69) is 41.9 Å². The molecular weight excluding hydrogens is 483 g/mol. The number of pyridine rings is 2. The first-order valence-electron chi connectivity index (χ1n) is 12.0. The monoisotopic (exact) mass is 511 g/mol. The Morgan fingerprint density at radius 1 is 1.19 bits per heavy atom. The van der Waals surface area contributed by atoms with Crippen molar-refractivity contribution in [2.75, 3.05) is 44.7 Å². The van der Waals surface area contributed by atoms with E-state index in [1.807, 2.05) is 37.2 Å². The lowest BCUT2D eigenvalue weighted by Gasteiger charge is -2.45. The number of halogens is 3. The normalized spacial score (nSPS) is 21.2. The molecule has 37 heavy (non-hydrogen) atoms. The highest BCUT2D eigenvalue weighted by Gasteiger charge is 2.37. The van der Waals surface area contributed by atoms with E-state index in [-0.39, 0.29) is 0 Å². The first-order chi connectivity index (χ1) is 17.7. The molecule has 1 unspecified atom stereocenters. The van der Waals surface area contributed by atoms with Crippen LogP contribution in [-0.4, -0.2) is 65.4 Å². The van der Waals surface area contributed by atoms with Crippen LogP contribution >= 0.6 is 0 Å². The maximum Gasteiger partial charge on any atom is 0.417 e. The topological polar surface area (TPSA) is 108 Å². The van der Waals surface area contributed by atoms with Gasteiger partial charge in [-0.1, -0.05) is 6.07 Å². The molecule has 0 bridgehead atoms. The molecule has 0 spiro atoms. The second-order valence-corrected chi connectivity index (χ2v) is 9.45. The standard InChI is InChI=1S/C25H28F3N9/c1-24(34-12-16-3-4-21(31-11-16)37-7-5-30-6-8-37)35-22(17(10-29)15-36(24)2)20-14-33-23-19(20)9-18(13-32-23)25(26,27)28/h3-4,9,11,13-14,30,34-35H,5-8,12,15H2,1-2H3,(H,32,33). The average Bonchev–Trinajstić information content (AvgIpc) is 3.32. The molecule has 194 valence electrons. The minimum atomic E-state index is -4.52. The molecule has 3 aromatic rings. The lowest BCUT2D eigenvalue weighted by atomic mass is 10.0. The third-order valence-corrected chi connectivity index (χ3v) is 6.98. The Morgan fingerprint density at radius 3 is 2.65 bits per heavy atom. The number of piperazine rings is 1. The van der Waals surface area contributed by atoms with Gasteiger partial charge in [0.05, 0.1) is 22.9 Å². The van der Waals surface area contributed by atoms with Gasteiger partial charge < -0.3 is 20.5 Å². The van der Waals surface area contributed by atoms with Crippen molar-refractivity contribution in [3.63, 3.8) is 0 Å². The second-order valence-electron chi connectivity index (χ2n) is 9.45. The van der Waals surface area contributed by atoms with E-state index in [4.69, 9.17) is 0 Å². The fourth-order valence-corrected chi connectivity index (χ4v) is 4.63. The van der Waals surface area contributed by atoms with Gasteiger partial charge in [0, 0.05) is 68.8 Å². The number of aromatic amines is 1. The first-order valence-corrected chi connectivity index (χ1v) is 12.0. The van der Waals surface area contributed by atoms with E-state index in [0.29, 0.717) is 41.0 Å². The Bertz CT molecular complexity index is 1350. The number of nitriles is 1. The van der Waals surface area contributed by atoms with E-state index in [0.717, 1.165) is 49.8 Å². The summed E-state index contributed by atoms with van der Waals surface area (Å²) in [6.45, 7) is 6.44. The predicted molar refractivity (Wildman–Crippen MR) is 134 cm³/mol. The zero-order valence-corrected chi connectivity index (χ0v) is 20.6. The second kappa shape index (κ2) is 9.66. The van der Waals surface area contributed by atoms with E-state index < -0.39 is 17.5 Å². The summed E-state index contributed by atoms with van der Waals surface area (Å²) in [6.07, 6.45) is -0.287. The molecule has 12 heteroatoms. The maximum absolute atomic E-state index is 13.3. The minimum Gasteiger partial charge on any atom is -0.354 e. The number of fused-ring (bicyclic) bond motifs is 1. The van der Waals surface area contributed by atoms with E-state index in [1.165, 1.54) is 0 Å². The molecule has 4 N–H and O–H groups in total. The molecule has 0 aromatic carbocycles. The summed E-state index contributed by atoms with van der Waals surface area (Å²) in [4.78, 5) is 15.7. The Labute approximate surface area is 212 Å². The van der Waals surface area contributed by atoms with Crippen LogP contribution in [0.25, 0.3) is 16.7 Å². The van der Waals surface area contributed by atoms with E-state index in [1.54, 1.807) is 6.20 Å². The summed E-state index contributed by atoms with van der Waals surface area (Å²) in [6, 6.07) is 7.31. The van der Waals surface area contributed by atoms with Crippen molar-refractivity contribution in [2.45, 2.75) is 25.4 Å². The van der Waals surface area contributed by atoms with Crippen LogP contribution in [0.15, 0.2) is 42.4 Å². The number of anilines is 1. The van der Waals surface area contributed by atoms with Crippen molar-refractivity contribution in [1.29, 1.82) is 5.26 Å². The predicted octanol–water partition coefficient (Wildman–Crippen LogP) is 2.62. The summed E-state index contributed by atoms with van der Waals surface area (Å²) in [5, 5.41) is 20.3. The van der Waals surface area contributed by atoms with Crippen molar-refractivity contribution in [1.82, 2.24) is 35.8 Å². The van der Waals surface area contributed by atoms with Crippen LogP contribution in [0.4, 0.5) is 19.0 Å². The minimum absolute atomic E-state index is 0.296. The van der Waals surface area contributed by atoms with Crippen LogP contribution < -0.4 is 20.9 Å². The highest BCUT2D eigenvalue weighted by Crippen LogP contribution is 2.34. The summed E-state index contributed by atoms with van der Waals surface area (Å²) < 4.78 is 40.0. The number of rotatable bonds is 5. The number of likely N-dealkylation sites (N-methyl/N-ethyl adjacent to an activating group) is 1. The molecule has 0 radical (unpaired) electrons. The maximum atomic E-state index is 13.3. The Balaban J connectivity index is 1.38. The smallest absolute Gasteiger partial charge is 0.354 e. The summed E-state index contributed by atoms with van der Waals surface area (Å²) in [7, 11) is 1.87. The van der Waals surface area contributed by atoms with E-state index >= 15 is 0 Å². The third kappa shape index (κ3) is 4.98. The lowest BCUT2D eigenvalue weighted by molar-refractivity contribution is -0.137. The molecule has 0 aliphatic carbocycles. The number of nitrogens with zero attached hydrogens (tertiary/aromatic N) is 5. The van der Waals surface area contributed by atoms with Gasteiger partial charge in [0.25, 0.3) is 0 Å². The van der Waals surface area contributed by atoms with Gasteiger partial charge in [0.2, 0.25) is 0 Å². The molecule has 2 aliphatic heterocycles. The summed E-state index contributed by atoms with van der Waals surface area (Å²) in [5.41, 5.74) is 1.81. The van der Waals surface area contributed by atoms with Gasteiger partial charge in [-0.3, -0.25) is 10.2 Å². The van der Waals surface area contributed by atoms with Crippen molar-refractivity contribution >= 4 is 22.5 Å². The van der Waals surface area contributed by atoms with Crippen molar-refractivity contribution in [2.24, 2.45) is 0 Å². The van der Waals surface area contributed by atoms with E-state index in [9.17, 15) is 18.4 Å². The zero-order chi connectivity index (χ0) is 26.2. The van der Waals surface area contributed by atoms with Crippen LogP contribution in [0.2, 0.25) is 0 Å². The highest BCUT2D eigenvalue weighted by atomic mass is 19.4. The number of H-pyrrole nitrogens is 1. The number of hydrogen-bond donors (Lipinski definition) is 4. The summed E-state index contributed by atoms with van der Waals surface area (Å²) >= 11 is 0. The molecule has 2 aliphatic rings. The molecule has 5 heterocycles. The Hall–Kier alpha value is -3.66. The summed E-state index contributed by atoms with van der Waals surface area (Å²) in [5.74, 6) is 0.158. The van der Waals surface area contributed by atoms with Gasteiger partial charge in [-0.2, -0.15) is 18.4 Å². The van der Waals surface area contributed by atoms with Crippen molar-refractivity contribution in [3.8, 4) is 6.07 Å². The fourth-order valence-electron chi connectivity index (χ4n) is 4.63. The van der Waals surface area contributed by atoms with Crippen molar-refractivity contribution in [3.05, 3.63) is 59.1 Å². The van der Waals surface area contributed by atoms with Crippen LogP contribution in [0, 0.1) is 11.3 Å².